The van der Waals surface area contributed by atoms with Gasteiger partial charge < -0.3 is 10.0 Å². The van der Waals surface area contributed by atoms with Crippen LogP contribution in [-0.2, 0) is 11.2 Å². The van der Waals surface area contributed by atoms with Crippen molar-refractivity contribution in [2.24, 2.45) is 5.92 Å². The van der Waals surface area contributed by atoms with Crippen LogP contribution in [0.4, 0.5) is 0 Å². The van der Waals surface area contributed by atoms with Crippen molar-refractivity contribution in [1.29, 1.82) is 0 Å². The van der Waals surface area contributed by atoms with E-state index in [2.05, 4.69) is 0 Å². The molecule has 0 bridgehead atoms. The summed E-state index contributed by atoms with van der Waals surface area (Å²) in [4.78, 5) is 13.8. The number of likely N-dealkylation sites (N-methyl/N-ethyl adjacent to an activating group) is 1. The third kappa shape index (κ3) is 3.33. The molecule has 1 aromatic rings. The van der Waals surface area contributed by atoms with Gasteiger partial charge in [0.15, 0.2) is 0 Å². The van der Waals surface area contributed by atoms with Gasteiger partial charge in [-0.3, -0.25) is 4.79 Å². The lowest BCUT2D eigenvalue weighted by Gasteiger charge is -2.34. The Morgan fingerprint density at radius 3 is 2.50 bits per heavy atom. The van der Waals surface area contributed by atoms with Gasteiger partial charge in [-0.25, -0.2) is 0 Å². The first-order valence-electron chi connectivity index (χ1n) is 6.52. The molecule has 0 aliphatic heterocycles. The molecule has 0 atom stereocenters. The molecule has 3 heteroatoms. The Morgan fingerprint density at radius 1 is 1.33 bits per heavy atom. The van der Waals surface area contributed by atoms with E-state index in [0.29, 0.717) is 12.3 Å². The summed E-state index contributed by atoms with van der Waals surface area (Å²) in [5.74, 6) is 0.632. The number of amides is 1. The third-order valence-electron chi connectivity index (χ3n) is 3.64. The van der Waals surface area contributed by atoms with Crippen molar-refractivity contribution in [2.75, 3.05) is 13.6 Å². The topological polar surface area (TPSA) is 40.5 Å². The van der Waals surface area contributed by atoms with E-state index >= 15 is 0 Å². The van der Waals surface area contributed by atoms with E-state index in [0.717, 1.165) is 24.9 Å². The van der Waals surface area contributed by atoms with E-state index in [1.807, 2.05) is 38.2 Å². The molecule has 1 N–H and O–H groups in total. The fraction of sp³-hybridized carbons (Fsp3) is 0.533. The fourth-order valence-corrected chi connectivity index (χ4v) is 2.35. The minimum atomic E-state index is -0.143. The Hall–Kier alpha value is -1.35. The number of rotatable bonds is 4. The summed E-state index contributed by atoms with van der Waals surface area (Å²) in [6.45, 7) is 2.81. The summed E-state index contributed by atoms with van der Waals surface area (Å²) in [7, 11) is 1.85. The lowest BCUT2D eigenvalue weighted by atomic mass is 9.82. The number of hydrogen-bond donors (Lipinski definition) is 1. The van der Waals surface area contributed by atoms with E-state index in [-0.39, 0.29) is 12.0 Å². The number of aliphatic hydroxyl groups is 1. The second-order valence-electron chi connectivity index (χ2n) is 5.43. The molecule has 3 nitrogen and oxygen atoms in total. The average molecular weight is 247 g/mol. The zero-order valence-electron chi connectivity index (χ0n) is 11.1. The number of carbonyl (C=O) groups excluding carboxylic acids is 1. The van der Waals surface area contributed by atoms with Gasteiger partial charge in [-0.15, -0.1) is 0 Å². The first-order valence-corrected chi connectivity index (χ1v) is 6.52. The number of aliphatic hydroxyl groups excluding tert-OH is 1. The van der Waals surface area contributed by atoms with E-state index in [1.165, 1.54) is 5.56 Å². The average Bonchev–Trinajstić information content (AvgIpc) is 2.30. The summed E-state index contributed by atoms with van der Waals surface area (Å²) in [6, 6.07) is 8.08. The smallest absolute Gasteiger partial charge is 0.226 e. The lowest BCUT2D eigenvalue weighted by molar-refractivity contribution is -0.130. The SMILES string of the molecule is Cc1ccc(CC(=O)N(C)CC2CC(O)C2)cc1. The Balaban J connectivity index is 1.81. The molecule has 1 fully saturated rings. The zero-order valence-corrected chi connectivity index (χ0v) is 11.1. The minimum Gasteiger partial charge on any atom is -0.393 e. The number of aryl methyl sites for hydroxylation is 1. The number of benzene rings is 1. The number of nitrogens with zero attached hydrogens (tertiary/aromatic N) is 1. The van der Waals surface area contributed by atoms with Crippen molar-refractivity contribution in [3.63, 3.8) is 0 Å². The Kier molecular flexibility index (Phi) is 4.02. The van der Waals surface area contributed by atoms with Gasteiger partial charge in [0, 0.05) is 13.6 Å². The standard InChI is InChI=1S/C15H21NO2/c1-11-3-5-12(6-4-11)9-15(18)16(2)10-13-7-14(17)8-13/h3-6,13-14,17H,7-10H2,1-2H3. The highest BCUT2D eigenvalue weighted by molar-refractivity contribution is 5.78. The summed E-state index contributed by atoms with van der Waals surface area (Å²) < 4.78 is 0. The van der Waals surface area contributed by atoms with Crippen LogP contribution in [-0.4, -0.2) is 35.6 Å². The molecule has 0 spiro atoms. The molecule has 1 aliphatic carbocycles. The molecule has 1 amide bonds. The first kappa shape index (κ1) is 13.1. The fourth-order valence-electron chi connectivity index (χ4n) is 2.35. The molecule has 0 heterocycles. The van der Waals surface area contributed by atoms with Gasteiger partial charge in [0.1, 0.15) is 0 Å². The van der Waals surface area contributed by atoms with Crippen LogP contribution in [0.1, 0.15) is 24.0 Å². The van der Waals surface area contributed by atoms with Crippen molar-refractivity contribution < 1.29 is 9.90 Å². The van der Waals surface area contributed by atoms with Crippen molar-refractivity contribution >= 4 is 5.91 Å². The molecule has 2 rings (SSSR count). The summed E-state index contributed by atoms with van der Waals surface area (Å²) >= 11 is 0. The van der Waals surface area contributed by atoms with Gasteiger partial charge in [0.05, 0.1) is 12.5 Å². The normalized spacial score (nSPS) is 22.4. The van der Waals surface area contributed by atoms with Crippen LogP contribution in [0, 0.1) is 12.8 Å². The summed E-state index contributed by atoms with van der Waals surface area (Å²) in [6.07, 6.45) is 1.99. The third-order valence-corrected chi connectivity index (χ3v) is 3.64. The predicted octanol–water partition coefficient (Wildman–Crippen LogP) is 1.77. The summed E-state index contributed by atoms with van der Waals surface area (Å²) in [5.41, 5.74) is 2.27. The van der Waals surface area contributed by atoms with E-state index < -0.39 is 0 Å². The molecule has 0 saturated heterocycles. The molecular formula is C15H21NO2. The van der Waals surface area contributed by atoms with Crippen molar-refractivity contribution in [1.82, 2.24) is 4.90 Å². The maximum Gasteiger partial charge on any atom is 0.226 e. The second kappa shape index (κ2) is 5.53. The van der Waals surface area contributed by atoms with Crippen LogP contribution in [0.5, 0.6) is 0 Å². The Morgan fingerprint density at radius 2 is 1.94 bits per heavy atom. The zero-order chi connectivity index (χ0) is 13.1. The van der Waals surface area contributed by atoms with Crippen LogP contribution in [0.15, 0.2) is 24.3 Å². The number of hydrogen-bond acceptors (Lipinski definition) is 2. The van der Waals surface area contributed by atoms with Gasteiger partial charge in [0.2, 0.25) is 5.91 Å². The maximum atomic E-state index is 12.0. The van der Waals surface area contributed by atoms with Crippen molar-refractivity contribution in [3.8, 4) is 0 Å². The van der Waals surface area contributed by atoms with Gasteiger partial charge in [-0.2, -0.15) is 0 Å². The predicted molar refractivity (Wildman–Crippen MR) is 71.3 cm³/mol. The minimum absolute atomic E-state index is 0.143. The quantitative estimate of drug-likeness (QED) is 0.881. The van der Waals surface area contributed by atoms with Gasteiger partial charge >= 0.3 is 0 Å². The van der Waals surface area contributed by atoms with Gasteiger partial charge in [-0.1, -0.05) is 29.8 Å². The highest BCUT2D eigenvalue weighted by Gasteiger charge is 2.28. The molecule has 0 unspecified atom stereocenters. The van der Waals surface area contributed by atoms with Crippen molar-refractivity contribution in [2.45, 2.75) is 32.3 Å². The van der Waals surface area contributed by atoms with Gasteiger partial charge in [-0.05, 0) is 31.2 Å². The highest BCUT2D eigenvalue weighted by atomic mass is 16.3. The van der Waals surface area contributed by atoms with Crippen LogP contribution in [0.25, 0.3) is 0 Å². The van der Waals surface area contributed by atoms with E-state index in [9.17, 15) is 9.90 Å². The Labute approximate surface area is 108 Å². The second-order valence-corrected chi connectivity index (χ2v) is 5.43. The van der Waals surface area contributed by atoms with Crippen LogP contribution >= 0.6 is 0 Å². The first-order chi connectivity index (χ1) is 8.54. The van der Waals surface area contributed by atoms with Crippen LogP contribution in [0.3, 0.4) is 0 Å². The highest BCUT2D eigenvalue weighted by Crippen LogP contribution is 2.27. The lowest BCUT2D eigenvalue weighted by Crippen LogP contribution is -2.40. The monoisotopic (exact) mass is 247 g/mol. The molecule has 98 valence electrons. The van der Waals surface area contributed by atoms with Crippen LogP contribution < -0.4 is 0 Å². The molecule has 1 saturated carbocycles. The largest absolute Gasteiger partial charge is 0.393 e. The maximum absolute atomic E-state index is 12.0. The molecule has 1 aliphatic rings. The molecule has 0 radical (unpaired) electrons. The summed E-state index contributed by atoms with van der Waals surface area (Å²) in [5, 5.41) is 9.23. The van der Waals surface area contributed by atoms with Crippen molar-refractivity contribution in [3.05, 3.63) is 35.4 Å². The molecule has 0 aromatic heterocycles. The number of carbonyl (C=O) groups is 1. The van der Waals surface area contributed by atoms with E-state index in [4.69, 9.17) is 0 Å². The van der Waals surface area contributed by atoms with Crippen LogP contribution in [0.2, 0.25) is 0 Å². The molecular weight excluding hydrogens is 226 g/mol. The van der Waals surface area contributed by atoms with Gasteiger partial charge in [0.25, 0.3) is 0 Å². The Bertz CT molecular complexity index is 407. The van der Waals surface area contributed by atoms with E-state index in [1.54, 1.807) is 4.90 Å². The molecule has 1 aromatic carbocycles. The molecule has 18 heavy (non-hydrogen) atoms.